The molecule has 0 heterocycles. The minimum absolute atomic E-state index is 0.201. The van der Waals surface area contributed by atoms with Crippen LogP contribution >= 0.6 is 0 Å². The number of carbonyl (C=O) groups is 1. The van der Waals surface area contributed by atoms with Crippen LogP contribution in [-0.2, 0) is 9.53 Å². The third-order valence-electron chi connectivity index (χ3n) is 3.77. The van der Waals surface area contributed by atoms with Gasteiger partial charge in [-0.1, -0.05) is 12.1 Å². The lowest BCUT2D eigenvalue weighted by molar-refractivity contribution is -0.143. The van der Waals surface area contributed by atoms with Crippen molar-refractivity contribution in [2.45, 2.75) is 37.8 Å². The molecule has 1 atom stereocenters. The zero-order valence-corrected chi connectivity index (χ0v) is 11.7. The van der Waals surface area contributed by atoms with Gasteiger partial charge in [-0.15, -0.1) is 0 Å². The summed E-state index contributed by atoms with van der Waals surface area (Å²) in [6, 6.07) is 8.39. The predicted octanol–water partition coefficient (Wildman–Crippen LogP) is 2.09. The Labute approximate surface area is 114 Å². The van der Waals surface area contributed by atoms with E-state index in [0.29, 0.717) is 12.0 Å². The van der Waals surface area contributed by atoms with Crippen LogP contribution in [0.2, 0.25) is 0 Å². The number of nitrogens with one attached hydrogen (secondary N) is 1. The van der Waals surface area contributed by atoms with Crippen molar-refractivity contribution in [1.82, 2.24) is 5.32 Å². The number of carbonyl (C=O) groups excluding carboxylic acids is 1. The highest BCUT2D eigenvalue weighted by Crippen LogP contribution is 2.37. The van der Waals surface area contributed by atoms with Gasteiger partial charge in [0.15, 0.2) is 0 Å². The van der Waals surface area contributed by atoms with Gasteiger partial charge in [0.05, 0.1) is 14.2 Å². The van der Waals surface area contributed by atoms with Gasteiger partial charge in [-0.05, 0) is 43.4 Å². The molecule has 1 saturated carbocycles. The topological polar surface area (TPSA) is 47.6 Å². The molecular weight excluding hydrogens is 242 g/mol. The minimum Gasteiger partial charge on any atom is -0.497 e. The quantitative estimate of drug-likeness (QED) is 0.826. The molecule has 0 aliphatic heterocycles. The van der Waals surface area contributed by atoms with E-state index in [-0.39, 0.29) is 12.0 Å². The summed E-state index contributed by atoms with van der Waals surface area (Å²) in [7, 11) is 3.09. The molecule has 0 saturated heterocycles. The number of methoxy groups -OCH3 is 2. The van der Waals surface area contributed by atoms with Gasteiger partial charge in [0.2, 0.25) is 0 Å². The summed E-state index contributed by atoms with van der Waals surface area (Å²) in [6.07, 6.45) is 2.13. The molecule has 1 aliphatic rings. The van der Waals surface area contributed by atoms with E-state index in [1.54, 1.807) is 7.11 Å². The van der Waals surface area contributed by atoms with Crippen molar-refractivity contribution in [3.63, 3.8) is 0 Å². The van der Waals surface area contributed by atoms with Crippen molar-refractivity contribution < 1.29 is 14.3 Å². The van der Waals surface area contributed by atoms with E-state index in [1.165, 1.54) is 12.7 Å². The van der Waals surface area contributed by atoms with Gasteiger partial charge in [-0.25, -0.2) is 0 Å². The molecule has 4 heteroatoms. The fourth-order valence-electron chi connectivity index (χ4n) is 2.50. The maximum absolute atomic E-state index is 11.3. The van der Waals surface area contributed by atoms with Crippen molar-refractivity contribution in [3.05, 3.63) is 29.8 Å². The second-order valence-corrected chi connectivity index (χ2v) is 5.05. The molecule has 0 unspecified atom stereocenters. The molecule has 1 N–H and O–H groups in total. The summed E-state index contributed by atoms with van der Waals surface area (Å²) in [6.45, 7) is 1.84. The lowest BCUT2D eigenvalue weighted by atomic mass is 9.75. The van der Waals surface area contributed by atoms with Crippen LogP contribution in [0.4, 0.5) is 0 Å². The average molecular weight is 263 g/mol. The van der Waals surface area contributed by atoms with Crippen LogP contribution in [0.25, 0.3) is 0 Å². The first-order valence-electron chi connectivity index (χ1n) is 6.62. The van der Waals surface area contributed by atoms with Crippen LogP contribution in [0.3, 0.4) is 0 Å². The van der Waals surface area contributed by atoms with Crippen molar-refractivity contribution in [1.29, 1.82) is 0 Å². The van der Waals surface area contributed by atoms with Crippen LogP contribution in [0.1, 0.15) is 31.2 Å². The summed E-state index contributed by atoms with van der Waals surface area (Å²) in [5.41, 5.74) is 1.34. The smallest absolute Gasteiger partial charge is 0.322 e. The normalized spacial score (nSPS) is 23.3. The molecule has 104 valence electrons. The van der Waals surface area contributed by atoms with Crippen molar-refractivity contribution >= 4 is 5.97 Å². The van der Waals surface area contributed by atoms with Gasteiger partial charge in [-0.3, -0.25) is 4.79 Å². The molecule has 0 aromatic heterocycles. The van der Waals surface area contributed by atoms with E-state index in [4.69, 9.17) is 9.47 Å². The standard InChI is InChI=1S/C15H21NO3/c1-10(15(17)19-3)16-13-8-12(9-13)11-4-6-14(18-2)7-5-11/h4-7,10,12-13,16H,8-9H2,1-3H3/t10-,12?,13?/m0/s1. The summed E-state index contributed by atoms with van der Waals surface area (Å²) in [4.78, 5) is 11.3. The number of hydrogen-bond donors (Lipinski definition) is 1. The number of benzene rings is 1. The van der Waals surface area contributed by atoms with Crippen LogP contribution < -0.4 is 10.1 Å². The number of ether oxygens (including phenoxy) is 2. The average Bonchev–Trinajstić information content (AvgIpc) is 2.41. The molecule has 1 aliphatic carbocycles. The molecule has 19 heavy (non-hydrogen) atoms. The Bertz CT molecular complexity index is 424. The predicted molar refractivity (Wildman–Crippen MR) is 73.4 cm³/mol. The summed E-state index contributed by atoms with van der Waals surface area (Å²) in [5, 5.41) is 3.29. The molecular formula is C15H21NO3. The second-order valence-electron chi connectivity index (χ2n) is 5.05. The summed E-state index contributed by atoms with van der Waals surface area (Å²) >= 11 is 0. The van der Waals surface area contributed by atoms with Gasteiger partial charge in [0, 0.05) is 6.04 Å². The number of esters is 1. The highest BCUT2D eigenvalue weighted by atomic mass is 16.5. The minimum atomic E-state index is -0.230. The maximum Gasteiger partial charge on any atom is 0.322 e. The van der Waals surface area contributed by atoms with E-state index < -0.39 is 0 Å². The van der Waals surface area contributed by atoms with Crippen LogP contribution in [-0.4, -0.2) is 32.3 Å². The van der Waals surface area contributed by atoms with Gasteiger partial charge in [-0.2, -0.15) is 0 Å². The maximum atomic E-state index is 11.3. The number of rotatable bonds is 5. The van der Waals surface area contributed by atoms with E-state index >= 15 is 0 Å². The zero-order valence-electron chi connectivity index (χ0n) is 11.7. The Kier molecular flexibility index (Phi) is 4.43. The molecule has 0 radical (unpaired) electrons. The molecule has 0 spiro atoms. The zero-order chi connectivity index (χ0) is 13.8. The van der Waals surface area contributed by atoms with E-state index in [9.17, 15) is 4.79 Å². The SMILES string of the molecule is COC(=O)[C@H](C)NC1CC(c2ccc(OC)cc2)C1. The first-order valence-corrected chi connectivity index (χ1v) is 6.62. The summed E-state index contributed by atoms with van der Waals surface area (Å²) in [5.74, 6) is 1.26. The Hall–Kier alpha value is -1.55. The Balaban J connectivity index is 1.80. The van der Waals surface area contributed by atoms with Crippen LogP contribution in [0.15, 0.2) is 24.3 Å². The monoisotopic (exact) mass is 263 g/mol. The molecule has 0 amide bonds. The first-order chi connectivity index (χ1) is 9.13. The molecule has 1 fully saturated rings. The fraction of sp³-hybridized carbons (Fsp3) is 0.533. The van der Waals surface area contributed by atoms with Crippen LogP contribution in [0.5, 0.6) is 5.75 Å². The van der Waals surface area contributed by atoms with Crippen molar-refractivity contribution in [3.8, 4) is 5.75 Å². The van der Waals surface area contributed by atoms with Crippen LogP contribution in [0, 0.1) is 0 Å². The molecule has 4 nitrogen and oxygen atoms in total. The third kappa shape index (κ3) is 3.26. The molecule has 1 aromatic rings. The fourth-order valence-corrected chi connectivity index (χ4v) is 2.50. The molecule has 2 rings (SSSR count). The Morgan fingerprint density at radius 1 is 1.26 bits per heavy atom. The van der Waals surface area contributed by atoms with E-state index in [2.05, 4.69) is 17.4 Å². The third-order valence-corrected chi connectivity index (χ3v) is 3.77. The molecule has 1 aromatic carbocycles. The van der Waals surface area contributed by atoms with Gasteiger partial charge in [0.25, 0.3) is 0 Å². The molecule has 0 bridgehead atoms. The Morgan fingerprint density at radius 3 is 2.42 bits per heavy atom. The number of hydrogen-bond acceptors (Lipinski definition) is 4. The first kappa shape index (κ1) is 13.9. The lowest BCUT2D eigenvalue weighted by Gasteiger charge is -2.37. The largest absolute Gasteiger partial charge is 0.497 e. The van der Waals surface area contributed by atoms with E-state index in [1.807, 2.05) is 19.1 Å². The van der Waals surface area contributed by atoms with Gasteiger partial charge >= 0.3 is 5.97 Å². The Morgan fingerprint density at radius 2 is 1.89 bits per heavy atom. The highest BCUT2D eigenvalue weighted by molar-refractivity contribution is 5.75. The van der Waals surface area contributed by atoms with Crippen molar-refractivity contribution in [2.24, 2.45) is 0 Å². The van der Waals surface area contributed by atoms with Gasteiger partial charge < -0.3 is 14.8 Å². The lowest BCUT2D eigenvalue weighted by Crippen LogP contribution is -2.47. The second kappa shape index (κ2) is 6.06. The van der Waals surface area contributed by atoms with Gasteiger partial charge in [0.1, 0.15) is 11.8 Å². The summed E-state index contributed by atoms with van der Waals surface area (Å²) < 4.78 is 9.85. The highest BCUT2D eigenvalue weighted by Gasteiger charge is 2.32. The van der Waals surface area contributed by atoms with Crippen molar-refractivity contribution in [2.75, 3.05) is 14.2 Å². The van der Waals surface area contributed by atoms with E-state index in [0.717, 1.165) is 18.6 Å².